The van der Waals surface area contributed by atoms with Gasteiger partial charge in [-0.15, -0.1) is 0 Å². The first-order valence-electron chi connectivity index (χ1n) is 5.76. The number of rotatable bonds is 5. The van der Waals surface area contributed by atoms with Crippen molar-refractivity contribution in [3.63, 3.8) is 0 Å². The Morgan fingerprint density at radius 1 is 1.14 bits per heavy atom. The molecule has 11 heteroatoms. The Hall–Kier alpha value is -1.03. The lowest BCUT2D eigenvalue weighted by Gasteiger charge is -2.22. The van der Waals surface area contributed by atoms with Crippen LogP contribution in [0.1, 0.15) is 17.3 Å². The second kappa shape index (κ2) is 6.61. The summed E-state index contributed by atoms with van der Waals surface area (Å²) >= 11 is 11.8. The Kier molecular flexibility index (Phi) is 5.71. The molecule has 0 aliphatic heterocycles. The lowest BCUT2D eigenvalue weighted by atomic mass is 10.2. The van der Waals surface area contributed by atoms with Crippen LogP contribution in [-0.2, 0) is 24.8 Å². The summed E-state index contributed by atoms with van der Waals surface area (Å²) < 4.78 is 52.0. The highest BCUT2D eigenvalue weighted by atomic mass is 35.5. The van der Waals surface area contributed by atoms with Crippen LogP contribution in [0, 0.1) is 0 Å². The maximum Gasteiger partial charge on any atom is 0.339 e. The molecule has 124 valence electrons. The third kappa shape index (κ3) is 4.25. The van der Waals surface area contributed by atoms with E-state index in [1.54, 1.807) is 6.92 Å². The smallest absolute Gasteiger partial charge is 0.339 e. The Balaban J connectivity index is 3.70. The van der Waals surface area contributed by atoms with Crippen LogP contribution in [0.4, 0.5) is 5.69 Å². The molecule has 0 radical (unpaired) electrons. The van der Waals surface area contributed by atoms with Crippen molar-refractivity contribution < 1.29 is 26.4 Å². The molecule has 22 heavy (non-hydrogen) atoms. The van der Waals surface area contributed by atoms with Gasteiger partial charge in [-0.1, -0.05) is 23.2 Å². The molecule has 7 nitrogen and oxygen atoms in total. The average molecular weight is 390 g/mol. The van der Waals surface area contributed by atoms with Gasteiger partial charge in [0.05, 0.1) is 35.4 Å². The number of hydrogen-bond donors (Lipinski definition) is 0. The van der Waals surface area contributed by atoms with Gasteiger partial charge in [-0.3, -0.25) is 0 Å². The molecule has 0 amide bonds. The van der Waals surface area contributed by atoms with Gasteiger partial charge < -0.3 is 4.74 Å². The van der Waals surface area contributed by atoms with Crippen LogP contribution < -0.4 is 3.71 Å². The zero-order chi connectivity index (χ0) is 17.3. The van der Waals surface area contributed by atoms with Crippen LogP contribution in [0.15, 0.2) is 12.1 Å². The molecular formula is C11H13Cl2NO6S2. The van der Waals surface area contributed by atoms with E-state index in [1.165, 1.54) is 0 Å². The Labute approximate surface area is 138 Å². The molecule has 1 rings (SSSR count). The Bertz CT molecular complexity index is 772. The van der Waals surface area contributed by atoms with Crippen LogP contribution in [0.2, 0.25) is 10.0 Å². The van der Waals surface area contributed by atoms with Gasteiger partial charge in [0.2, 0.25) is 20.0 Å². The summed E-state index contributed by atoms with van der Waals surface area (Å²) in [5.41, 5.74) is -0.675. The second-order valence-corrected chi connectivity index (χ2v) is 8.94. The molecule has 0 aliphatic rings. The van der Waals surface area contributed by atoms with Crippen molar-refractivity contribution in [2.45, 2.75) is 6.92 Å². The van der Waals surface area contributed by atoms with Gasteiger partial charge in [0.15, 0.2) is 0 Å². The molecule has 0 saturated heterocycles. The van der Waals surface area contributed by atoms with Crippen molar-refractivity contribution >= 4 is 54.9 Å². The topological polar surface area (TPSA) is 97.8 Å². The minimum absolute atomic E-state index is 0.0544. The van der Waals surface area contributed by atoms with Crippen molar-refractivity contribution in [1.29, 1.82) is 0 Å². The molecule has 0 N–H and O–H groups in total. The Morgan fingerprint density at radius 3 is 2.05 bits per heavy atom. The first-order valence-corrected chi connectivity index (χ1v) is 10.2. The van der Waals surface area contributed by atoms with E-state index < -0.39 is 36.7 Å². The van der Waals surface area contributed by atoms with E-state index in [4.69, 9.17) is 27.9 Å². The van der Waals surface area contributed by atoms with E-state index in [9.17, 15) is 21.6 Å². The van der Waals surface area contributed by atoms with E-state index in [0.717, 1.165) is 12.1 Å². The molecule has 0 fully saturated rings. The highest BCUT2D eigenvalue weighted by Gasteiger charge is 2.31. The minimum atomic E-state index is -4.22. The highest BCUT2D eigenvalue weighted by Crippen LogP contribution is 2.36. The van der Waals surface area contributed by atoms with Gasteiger partial charge in [0.1, 0.15) is 0 Å². The number of carbonyl (C=O) groups is 1. The summed E-state index contributed by atoms with van der Waals surface area (Å²) in [6, 6.07) is 2.20. The van der Waals surface area contributed by atoms with Crippen LogP contribution in [0.25, 0.3) is 0 Å². The molecule has 1 aromatic rings. The fraction of sp³-hybridized carbons (Fsp3) is 0.364. The highest BCUT2D eigenvalue weighted by molar-refractivity contribution is 8.09. The van der Waals surface area contributed by atoms with Gasteiger partial charge >= 0.3 is 5.97 Å². The number of anilines is 1. The van der Waals surface area contributed by atoms with Crippen LogP contribution in [0.3, 0.4) is 0 Å². The molecule has 0 bridgehead atoms. The van der Waals surface area contributed by atoms with Gasteiger partial charge in [-0.25, -0.2) is 21.6 Å². The zero-order valence-corrected chi connectivity index (χ0v) is 15.0. The molecule has 0 unspecified atom stereocenters. The van der Waals surface area contributed by atoms with E-state index in [-0.39, 0.29) is 20.9 Å². The summed E-state index contributed by atoms with van der Waals surface area (Å²) in [6.45, 7) is 1.62. The van der Waals surface area contributed by atoms with Crippen molar-refractivity contribution in [2.75, 3.05) is 22.8 Å². The van der Waals surface area contributed by atoms with E-state index in [1.807, 2.05) is 0 Å². The fourth-order valence-electron chi connectivity index (χ4n) is 1.67. The third-order valence-corrected chi connectivity index (χ3v) is 6.15. The number of hydrogen-bond acceptors (Lipinski definition) is 6. The average Bonchev–Trinajstić information content (AvgIpc) is 2.29. The molecular weight excluding hydrogens is 377 g/mol. The molecule has 0 saturated carbocycles. The Morgan fingerprint density at radius 2 is 1.64 bits per heavy atom. The van der Waals surface area contributed by atoms with Gasteiger partial charge in [-0.2, -0.15) is 3.71 Å². The molecule has 0 aromatic heterocycles. The first-order chi connectivity index (χ1) is 9.89. The predicted molar refractivity (Wildman–Crippen MR) is 84.6 cm³/mol. The number of nitrogens with zero attached hydrogens (tertiary/aromatic N) is 1. The van der Waals surface area contributed by atoms with E-state index >= 15 is 0 Å². The number of benzene rings is 1. The van der Waals surface area contributed by atoms with E-state index in [2.05, 4.69) is 0 Å². The standard InChI is InChI=1S/C11H13Cl2NO6S2/c1-4-20-11(15)8-5-7(12)6-9(10(8)13)14(21(2,16)17)22(3,18)19/h5-6H,4H2,1-3H3. The monoisotopic (exact) mass is 389 g/mol. The normalized spacial score (nSPS) is 12.0. The molecule has 1 aromatic carbocycles. The lowest BCUT2D eigenvalue weighted by Crippen LogP contribution is -2.35. The van der Waals surface area contributed by atoms with Crippen LogP contribution >= 0.6 is 23.2 Å². The number of sulfonamides is 2. The number of esters is 1. The maximum absolute atomic E-state index is 11.8. The number of carbonyl (C=O) groups excluding carboxylic acids is 1. The predicted octanol–water partition coefficient (Wildman–Crippen LogP) is 1.90. The molecule has 0 spiro atoms. The largest absolute Gasteiger partial charge is 0.462 e. The quantitative estimate of drug-likeness (QED) is 0.713. The van der Waals surface area contributed by atoms with Gasteiger partial charge in [0, 0.05) is 5.02 Å². The van der Waals surface area contributed by atoms with Crippen molar-refractivity contribution in [1.82, 2.24) is 0 Å². The van der Waals surface area contributed by atoms with E-state index in [0.29, 0.717) is 12.5 Å². The molecule has 0 atom stereocenters. The van der Waals surface area contributed by atoms with Crippen molar-refractivity contribution in [2.24, 2.45) is 0 Å². The zero-order valence-electron chi connectivity index (χ0n) is 11.8. The fourth-order valence-corrected chi connectivity index (χ4v) is 5.22. The minimum Gasteiger partial charge on any atom is -0.462 e. The van der Waals surface area contributed by atoms with Crippen molar-refractivity contribution in [3.05, 3.63) is 27.7 Å². The van der Waals surface area contributed by atoms with Gasteiger partial charge in [0.25, 0.3) is 0 Å². The lowest BCUT2D eigenvalue weighted by molar-refractivity contribution is 0.0526. The summed E-state index contributed by atoms with van der Waals surface area (Å²) in [6.07, 6.45) is 1.38. The summed E-state index contributed by atoms with van der Waals surface area (Å²) in [4.78, 5) is 11.8. The summed E-state index contributed by atoms with van der Waals surface area (Å²) in [5.74, 6) is -0.849. The second-order valence-electron chi connectivity index (χ2n) is 4.23. The van der Waals surface area contributed by atoms with Gasteiger partial charge in [-0.05, 0) is 19.1 Å². The summed E-state index contributed by atoms with van der Waals surface area (Å²) in [7, 11) is -8.44. The third-order valence-electron chi connectivity index (χ3n) is 2.31. The molecule has 0 heterocycles. The first kappa shape index (κ1) is 19.0. The molecule has 0 aliphatic carbocycles. The van der Waals surface area contributed by atoms with Crippen molar-refractivity contribution in [3.8, 4) is 0 Å². The SMILES string of the molecule is CCOC(=O)c1cc(Cl)cc(N(S(C)(=O)=O)S(C)(=O)=O)c1Cl. The van der Waals surface area contributed by atoms with Crippen LogP contribution in [0.5, 0.6) is 0 Å². The maximum atomic E-state index is 11.8. The number of ether oxygens (including phenoxy) is 1. The van der Waals surface area contributed by atoms with Crippen LogP contribution in [-0.4, -0.2) is 41.9 Å². The summed E-state index contributed by atoms with van der Waals surface area (Å²) in [5, 5.41) is -0.460. The number of halogens is 2.